The van der Waals surface area contributed by atoms with Gasteiger partial charge in [0.1, 0.15) is 0 Å². The normalized spacial score (nSPS) is 10.9. The van der Waals surface area contributed by atoms with Gasteiger partial charge in [0.2, 0.25) is 11.8 Å². The lowest BCUT2D eigenvalue weighted by Crippen LogP contribution is -2.24. The molecule has 26 heavy (non-hydrogen) atoms. The summed E-state index contributed by atoms with van der Waals surface area (Å²) in [5.74, 6) is 0.466. The van der Waals surface area contributed by atoms with Crippen molar-refractivity contribution in [2.24, 2.45) is 0 Å². The summed E-state index contributed by atoms with van der Waals surface area (Å²) in [4.78, 5) is 20.7. The third-order valence-electron chi connectivity index (χ3n) is 3.79. The monoisotopic (exact) mass is 351 g/mol. The SMILES string of the molecule is CCOc1nc(N)nc(-c2ccccc2)c1-c1ccc(=O)n(C(C)C)n1. The van der Waals surface area contributed by atoms with E-state index in [0.717, 1.165) is 5.56 Å². The van der Waals surface area contributed by atoms with Crippen molar-refractivity contribution in [1.82, 2.24) is 19.7 Å². The van der Waals surface area contributed by atoms with Crippen molar-refractivity contribution < 1.29 is 4.74 Å². The molecule has 134 valence electrons. The Balaban J connectivity index is 2.32. The Morgan fingerprint density at radius 1 is 1.12 bits per heavy atom. The molecule has 0 saturated heterocycles. The zero-order valence-electron chi connectivity index (χ0n) is 15.0. The summed E-state index contributed by atoms with van der Waals surface area (Å²) in [6.45, 7) is 6.09. The third kappa shape index (κ3) is 3.42. The molecule has 0 radical (unpaired) electrons. The lowest BCUT2D eigenvalue weighted by atomic mass is 10.0. The quantitative estimate of drug-likeness (QED) is 0.759. The first kappa shape index (κ1) is 17.6. The number of nitrogen functional groups attached to an aromatic ring is 1. The average Bonchev–Trinajstić information content (AvgIpc) is 2.63. The minimum atomic E-state index is -0.167. The summed E-state index contributed by atoms with van der Waals surface area (Å²) in [6.07, 6.45) is 0. The van der Waals surface area contributed by atoms with Gasteiger partial charge in [-0.15, -0.1) is 0 Å². The summed E-state index contributed by atoms with van der Waals surface area (Å²) in [6, 6.07) is 12.7. The van der Waals surface area contributed by atoms with E-state index >= 15 is 0 Å². The van der Waals surface area contributed by atoms with Crippen molar-refractivity contribution in [1.29, 1.82) is 0 Å². The van der Waals surface area contributed by atoms with Gasteiger partial charge in [0, 0.05) is 11.6 Å². The lowest BCUT2D eigenvalue weighted by Gasteiger charge is -2.16. The fourth-order valence-corrected chi connectivity index (χ4v) is 2.66. The van der Waals surface area contributed by atoms with E-state index in [4.69, 9.17) is 10.5 Å². The number of hydrogen-bond acceptors (Lipinski definition) is 6. The van der Waals surface area contributed by atoms with Gasteiger partial charge >= 0.3 is 0 Å². The highest BCUT2D eigenvalue weighted by atomic mass is 16.5. The maximum absolute atomic E-state index is 12.1. The van der Waals surface area contributed by atoms with Gasteiger partial charge in [0.05, 0.1) is 29.6 Å². The van der Waals surface area contributed by atoms with Gasteiger partial charge in [-0.3, -0.25) is 4.79 Å². The molecule has 1 aromatic carbocycles. The minimum absolute atomic E-state index is 0.0760. The highest BCUT2D eigenvalue weighted by Gasteiger charge is 2.20. The van der Waals surface area contributed by atoms with Gasteiger partial charge in [-0.2, -0.15) is 10.1 Å². The number of nitrogens with zero attached hydrogens (tertiary/aromatic N) is 4. The molecule has 0 aliphatic rings. The van der Waals surface area contributed by atoms with Gasteiger partial charge in [0.25, 0.3) is 5.56 Å². The molecule has 0 atom stereocenters. The van der Waals surface area contributed by atoms with Crippen LogP contribution in [-0.2, 0) is 0 Å². The van der Waals surface area contributed by atoms with E-state index in [9.17, 15) is 4.79 Å². The smallest absolute Gasteiger partial charge is 0.267 e. The predicted octanol–water partition coefficient (Wildman–Crippen LogP) is 2.93. The molecule has 7 nitrogen and oxygen atoms in total. The number of rotatable bonds is 5. The lowest BCUT2D eigenvalue weighted by molar-refractivity contribution is 0.328. The highest BCUT2D eigenvalue weighted by molar-refractivity contribution is 5.82. The minimum Gasteiger partial charge on any atom is -0.477 e. The molecule has 2 aromatic heterocycles. The van der Waals surface area contributed by atoms with Crippen molar-refractivity contribution in [3.8, 4) is 28.4 Å². The van der Waals surface area contributed by atoms with Crippen LogP contribution in [0.15, 0.2) is 47.3 Å². The first-order valence-electron chi connectivity index (χ1n) is 8.47. The Morgan fingerprint density at radius 2 is 1.85 bits per heavy atom. The van der Waals surface area contributed by atoms with Gasteiger partial charge in [-0.1, -0.05) is 30.3 Å². The van der Waals surface area contributed by atoms with Crippen molar-refractivity contribution in [2.75, 3.05) is 12.3 Å². The summed E-state index contributed by atoms with van der Waals surface area (Å²) in [5.41, 5.74) is 8.38. The first-order valence-corrected chi connectivity index (χ1v) is 8.47. The van der Waals surface area contributed by atoms with E-state index < -0.39 is 0 Å². The van der Waals surface area contributed by atoms with Crippen LogP contribution in [0, 0.1) is 0 Å². The summed E-state index contributed by atoms with van der Waals surface area (Å²) >= 11 is 0. The predicted molar refractivity (Wildman–Crippen MR) is 101 cm³/mol. The van der Waals surface area contributed by atoms with Crippen molar-refractivity contribution in [3.63, 3.8) is 0 Å². The fraction of sp³-hybridized carbons (Fsp3) is 0.263. The van der Waals surface area contributed by atoms with Crippen LogP contribution in [0.1, 0.15) is 26.8 Å². The second-order valence-corrected chi connectivity index (χ2v) is 6.00. The Hall–Kier alpha value is -3.22. The van der Waals surface area contributed by atoms with Crippen LogP contribution in [0.25, 0.3) is 22.5 Å². The van der Waals surface area contributed by atoms with Gasteiger partial charge in [-0.25, -0.2) is 9.67 Å². The molecule has 0 unspecified atom stereocenters. The van der Waals surface area contributed by atoms with Crippen molar-refractivity contribution in [2.45, 2.75) is 26.8 Å². The molecule has 0 saturated carbocycles. The highest BCUT2D eigenvalue weighted by Crippen LogP contribution is 2.36. The van der Waals surface area contributed by atoms with Crippen LogP contribution in [-0.4, -0.2) is 26.4 Å². The average molecular weight is 351 g/mol. The Bertz CT molecular complexity index is 967. The molecule has 0 bridgehead atoms. The van der Waals surface area contributed by atoms with E-state index in [-0.39, 0.29) is 17.5 Å². The molecular formula is C19H21N5O2. The zero-order chi connectivity index (χ0) is 18.7. The van der Waals surface area contributed by atoms with Crippen LogP contribution in [0.5, 0.6) is 5.88 Å². The molecule has 0 fully saturated rings. The molecule has 2 N–H and O–H groups in total. The molecular weight excluding hydrogens is 330 g/mol. The Kier molecular flexibility index (Phi) is 4.97. The van der Waals surface area contributed by atoms with Crippen LogP contribution in [0.2, 0.25) is 0 Å². The molecule has 2 heterocycles. The molecule has 0 aliphatic heterocycles. The Morgan fingerprint density at radius 3 is 2.50 bits per heavy atom. The first-order chi connectivity index (χ1) is 12.5. The fourth-order valence-electron chi connectivity index (χ4n) is 2.66. The molecule has 0 amide bonds. The van der Waals surface area contributed by atoms with Crippen LogP contribution in [0.3, 0.4) is 0 Å². The standard InChI is InChI=1S/C19H21N5O2/c1-4-26-18-16(14-10-11-15(25)24(23-14)12(2)3)17(21-19(20)22-18)13-8-6-5-7-9-13/h5-12H,4H2,1-3H3,(H2,20,21,22). The second-order valence-electron chi connectivity index (χ2n) is 6.00. The molecule has 3 aromatic rings. The maximum atomic E-state index is 12.1. The molecule has 0 spiro atoms. The number of nitrogens with two attached hydrogens (primary N) is 1. The number of anilines is 1. The van der Waals surface area contributed by atoms with Gasteiger partial charge in [-0.05, 0) is 26.8 Å². The number of ether oxygens (including phenoxy) is 1. The van der Waals surface area contributed by atoms with E-state index in [1.165, 1.54) is 10.7 Å². The third-order valence-corrected chi connectivity index (χ3v) is 3.79. The van der Waals surface area contributed by atoms with Crippen molar-refractivity contribution in [3.05, 3.63) is 52.8 Å². The maximum Gasteiger partial charge on any atom is 0.267 e. The van der Waals surface area contributed by atoms with Crippen molar-refractivity contribution >= 4 is 5.95 Å². The zero-order valence-corrected chi connectivity index (χ0v) is 15.0. The van der Waals surface area contributed by atoms with Crippen LogP contribution >= 0.6 is 0 Å². The van der Waals surface area contributed by atoms with Crippen LogP contribution in [0.4, 0.5) is 5.95 Å². The van der Waals surface area contributed by atoms with Gasteiger partial charge < -0.3 is 10.5 Å². The number of aromatic nitrogens is 4. The van der Waals surface area contributed by atoms with Gasteiger partial charge in [0.15, 0.2) is 0 Å². The number of benzene rings is 1. The summed E-state index contributed by atoms with van der Waals surface area (Å²) in [5, 5.41) is 4.50. The number of hydrogen-bond donors (Lipinski definition) is 1. The molecule has 3 rings (SSSR count). The Labute approximate surface area is 151 Å². The molecule has 7 heteroatoms. The van der Waals surface area contributed by atoms with E-state index in [1.807, 2.05) is 51.1 Å². The summed E-state index contributed by atoms with van der Waals surface area (Å²) in [7, 11) is 0. The molecule has 0 aliphatic carbocycles. The topological polar surface area (TPSA) is 95.9 Å². The largest absolute Gasteiger partial charge is 0.477 e. The van der Waals surface area contributed by atoms with E-state index in [2.05, 4.69) is 15.1 Å². The van der Waals surface area contributed by atoms with E-state index in [1.54, 1.807) is 6.07 Å². The summed E-state index contributed by atoms with van der Waals surface area (Å²) < 4.78 is 7.13. The van der Waals surface area contributed by atoms with Crippen LogP contribution < -0.4 is 16.0 Å². The second kappa shape index (κ2) is 7.35. The van der Waals surface area contributed by atoms with E-state index in [0.29, 0.717) is 29.4 Å².